The number of likely N-dealkylation sites (N-methyl/N-ethyl adjacent to an activating group) is 1. The fraction of sp³-hybridized carbons (Fsp3) is 0.444. The van der Waals surface area contributed by atoms with Crippen LogP contribution in [0.2, 0.25) is 0 Å². The van der Waals surface area contributed by atoms with Crippen LogP contribution >= 0.6 is 11.8 Å². The van der Waals surface area contributed by atoms with Crippen molar-refractivity contribution in [3.8, 4) is 11.8 Å². The van der Waals surface area contributed by atoms with Crippen LogP contribution in [0.1, 0.15) is 41.6 Å². The van der Waals surface area contributed by atoms with E-state index in [0.29, 0.717) is 18.8 Å². The second-order valence-electron chi connectivity index (χ2n) is 10.1. The highest BCUT2D eigenvalue weighted by Crippen LogP contribution is 2.45. The maximum Gasteiger partial charge on any atom is 0.281 e. The monoisotopic (exact) mass is 585 g/mol. The summed E-state index contributed by atoms with van der Waals surface area (Å²) in [4.78, 5) is 50.4. The first-order valence-corrected chi connectivity index (χ1v) is 13.8. The first-order valence-electron chi connectivity index (χ1n) is 13.0. The quantitative estimate of drug-likeness (QED) is 0.194. The number of dihydropyridines is 1. The Hall–Kier alpha value is -3.96. The predicted molar refractivity (Wildman–Crippen MR) is 149 cm³/mol. The minimum Gasteiger partial charge on any atom is -0.495 e. The minimum absolute atomic E-state index is 0.0758. The van der Waals surface area contributed by atoms with E-state index in [4.69, 9.17) is 16.2 Å². The molecule has 1 spiro atoms. The van der Waals surface area contributed by atoms with Gasteiger partial charge in [-0.1, -0.05) is 23.6 Å². The van der Waals surface area contributed by atoms with Crippen molar-refractivity contribution in [3.05, 3.63) is 41.4 Å². The van der Waals surface area contributed by atoms with Gasteiger partial charge in [-0.3, -0.25) is 19.3 Å². The molecule has 3 heterocycles. The summed E-state index contributed by atoms with van der Waals surface area (Å²) >= 11 is 0.912. The van der Waals surface area contributed by atoms with Crippen LogP contribution in [0, 0.1) is 17.8 Å². The summed E-state index contributed by atoms with van der Waals surface area (Å²) in [6.45, 7) is -0.258. The molecule has 1 aromatic rings. The number of carbonyl (C=O) groups excluding carboxylic acids is 3. The van der Waals surface area contributed by atoms with Crippen LogP contribution in [0.25, 0.3) is 5.57 Å². The SMILES string of the molecule is COC1=CNC(C(F)F)C=C1c1cc(N2CC(=O)N(C)C3(CC3)C2=O)ncc1C(=O)N=C(N)SC(N)C#CC1CC1. The number of hydrogen-bond donors (Lipinski definition) is 3. The molecule has 0 aromatic carbocycles. The van der Waals surface area contributed by atoms with Crippen molar-refractivity contribution in [1.29, 1.82) is 0 Å². The predicted octanol–water partition coefficient (Wildman–Crippen LogP) is 1.41. The lowest BCUT2D eigenvalue weighted by Crippen LogP contribution is -2.60. The number of rotatable bonds is 6. The zero-order chi connectivity index (χ0) is 29.5. The van der Waals surface area contributed by atoms with E-state index in [1.54, 1.807) is 7.05 Å². The van der Waals surface area contributed by atoms with Crippen LogP contribution in [0.15, 0.2) is 35.3 Å². The summed E-state index contributed by atoms with van der Waals surface area (Å²) in [7, 11) is 2.94. The molecule has 3 amide bonds. The number of anilines is 1. The minimum atomic E-state index is -2.77. The zero-order valence-electron chi connectivity index (χ0n) is 22.4. The maximum absolute atomic E-state index is 13.7. The number of aliphatic imine (C=N–C) groups is 1. The number of carbonyl (C=O) groups is 3. The summed E-state index contributed by atoms with van der Waals surface area (Å²) in [5.74, 6) is 5.11. The molecular formula is C27H29F2N7O4S. The molecular weight excluding hydrogens is 556 g/mol. The van der Waals surface area contributed by atoms with Crippen LogP contribution in [0.5, 0.6) is 0 Å². The van der Waals surface area contributed by atoms with Crippen LogP contribution < -0.4 is 21.7 Å². The summed E-state index contributed by atoms with van der Waals surface area (Å²) in [5.41, 5.74) is 11.2. The number of nitrogens with two attached hydrogens (primary N) is 2. The Kier molecular flexibility index (Phi) is 7.76. The van der Waals surface area contributed by atoms with Crippen molar-refractivity contribution in [2.24, 2.45) is 22.4 Å². The molecule has 0 bridgehead atoms. The van der Waals surface area contributed by atoms with Gasteiger partial charge >= 0.3 is 0 Å². The van der Waals surface area contributed by atoms with Gasteiger partial charge in [0.2, 0.25) is 5.91 Å². The van der Waals surface area contributed by atoms with Crippen LogP contribution in [0.3, 0.4) is 0 Å². The molecule has 1 saturated heterocycles. The van der Waals surface area contributed by atoms with E-state index in [2.05, 4.69) is 27.1 Å². The first kappa shape index (κ1) is 28.6. The van der Waals surface area contributed by atoms with Gasteiger partial charge < -0.3 is 26.4 Å². The molecule has 4 aliphatic rings. The van der Waals surface area contributed by atoms with E-state index in [-0.39, 0.29) is 51.8 Å². The summed E-state index contributed by atoms with van der Waals surface area (Å²) in [6, 6.07) is 0.0233. The Balaban J connectivity index is 1.53. The first-order chi connectivity index (χ1) is 19.5. The van der Waals surface area contributed by atoms with Gasteiger partial charge in [-0.25, -0.2) is 13.8 Å². The van der Waals surface area contributed by atoms with E-state index < -0.39 is 29.3 Å². The number of aromatic nitrogens is 1. The lowest BCUT2D eigenvalue weighted by molar-refractivity contribution is -0.143. The second kappa shape index (κ2) is 11.1. The molecule has 2 aliphatic carbocycles. The summed E-state index contributed by atoms with van der Waals surface area (Å²) in [5, 5.41) is 1.73. The lowest BCUT2D eigenvalue weighted by Gasteiger charge is -2.38. The van der Waals surface area contributed by atoms with Gasteiger partial charge in [0, 0.05) is 36.5 Å². The Bertz CT molecular complexity index is 1440. The van der Waals surface area contributed by atoms with Crippen LogP contribution in [0.4, 0.5) is 14.6 Å². The smallest absolute Gasteiger partial charge is 0.281 e. The average Bonchev–Trinajstić information content (AvgIpc) is 3.88. The van der Waals surface area contributed by atoms with Crippen LogP contribution in [-0.4, -0.2) is 76.9 Å². The zero-order valence-corrected chi connectivity index (χ0v) is 23.2. The van der Waals surface area contributed by atoms with E-state index in [0.717, 1.165) is 24.6 Å². The standard InChI is InChI=1S/C27H29F2N7O4S/c1-35-22(37)13-36(25(39)27(35)7-8-27)21-10-15(16-9-18(23(28)29)32-12-19(16)40-2)17(11-33-21)24(38)34-26(31)41-20(30)6-5-14-3-4-14/h9-12,14,18,20,23,32H,3-4,7-8,13,30H2,1-2H3,(H2,31,34,38). The number of hydrogen-bond acceptors (Lipinski definition) is 8. The Labute approximate surface area is 239 Å². The summed E-state index contributed by atoms with van der Waals surface area (Å²) < 4.78 is 32.8. The molecule has 2 aliphatic heterocycles. The van der Waals surface area contributed by atoms with Gasteiger partial charge in [0.25, 0.3) is 18.2 Å². The summed E-state index contributed by atoms with van der Waals surface area (Å²) in [6.07, 6.45) is 4.02. The van der Waals surface area contributed by atoms with E-state index in [1.165, 1.54) is 41.4 Å². The molecule has 2 saturated carbocycles. The number of alkyl halides is 2. The number of methoxy groups -OCH3 is 1. The van der Waals surface area contributed by atoms with Crippen molar-refractivity contribution in [2.75, 3.05) is 25.6 Å². The molecule has 216 valence electrons. The number of thioether (sulfide) groups is 1. The fourth-order valence-corrected chi connectivity index (χ4v) is 5.18. The van der Waals surface area contributed by atoms with Crippen molar-refractivity contribution < 1.29 is 27.9 Å². The second-order valence-corrected chi connectivity index (χ2v) is 11.3. The normalized spacial score (nSPS) is 22.5. The van der Waals surface area contributed by atoms with Crippen molar-refractivity contribution in [3.63, 3.8) is 0 Å². The Morgan fingerprint density at radius 2 is 2.07 bits per heavy atom. The van der Waals surface area contributed by atoms with E-state index in [1.807, 2.05) is 0 Å². The van der Waals surface area contributed by atoms with Gasteiger partial charge in [0.05, 0.1) is 12.7 Å². The molecule has 5 N–H and O–H groups in total. The Morgan fingerprint density at radius 3 is 2.71 bits per heavy atom. The topological polar surface area (TPSA) is 156 Å². The molecule has 3 fully saturated rings. The number of halogens is 2. The number of nitrogens with zero attached hydrogens (tertiary/aromatic N) is 4. The largest absolute Gasteiger partial charge is 0.495 e. The van der Waals surface area contributed by atoms with Crippen LogP contribution in [-0.2, 0) is 14.3 Å². The van der Waals surface area contributed by atoms with Gasteiger partial charge in [-0.05, 0) is 37.8 Å². The van der Waals surface area contributed by atoms with Gasteiger partial charge in [-0.15, -0.1) is 0 Å². The fourth-order valence-electron chi connectivity index (χ4n) is 4.65. The number of amidine groups is 1. The third-order valence-corrected chi connectivity index (χ3v) is 8.04. The van der Waals surface area contributed by atoms with Gasteiger partial charge in [0.15, 0.2) is 5.17 Å². The number of nitrogens with one attached hydrogen (secondary N) is 1. The maximum atomic E-state index is 13.7. The molecule has 5 rings (SSSR count). The number of pyridine rings is 1. The lowest BCUT2D eigenvalue weighted by atomic mass is 9.95. The van der Waals surface area contributed by atoms with Crippen molar-refractivity contribution in [2.45, 2.75) is 49.1 Å². The van der Waals surface area contributed by atoms with E-state index >= 15 is 0 Å². The molecule has 11 nitrogen and oxygen atoms in total. The number of ether oxygens (including phenoxy) is 1. The van der Waals surface area contributed by atoms with Crippen molar-refractivity contribution >= 4 is 46.0 Å². The highest BCUT2D eigenvalue weighted by Gasteiger charge is 2.60. The highest BCUT2D eigenvalue weighted by atomic mass is 32.2. The third kappa shape index (κ3) is 5.77. The molecule has 14 heteroatoms. The average molecular weight is 586 g/mol. The number of allylic oxidation sites excluding steroid dienone is 1. The third-order valence-electron chi connectivity index (χ3n) is 7.34. The van der Waals surface area contributed by atoms with Gasteiger partial charge in [0.1, 0.15) is 35.1 Å². The Morgan fingerprint density at radius 1 is 1.34 bits per heavy atom. The molecule has 2 atom stereocenters. The molecule has 1 aromatic heterocycles. The molecule has 41 heavy (non-hydrogen) atoms. The highest BCUT2D eigenvalue weighted by molar-refractivity contribution is 8.14. The van der Waals surface area contributed by atoms with Crippen molar-refractivity contribution in [1.82, 2.24) is 15.2 Å². The molecule has 0 radical (unpaired) electrons. The number of piperazine rings is 1. The van der Waals surface area contributed by atoms with E-state index in [9.17, 15) is 23.2 Å². The molecule has 2 unspecified atom stereocenters. The van der Waals surface area contributed by atoms with Gasteiger partial charge in [-0.2, -0.15) is 4.99 Å². The number of amides is 3.